The number of allylic oxidation sites excluding steroid dienone is 2. The number of ether oxygens (including phenoxy) is 4. The summed E-state index contributed by atoms with van der Waals surface area (Å²) in [6.07, 6.45) is 2.65. The van der Waals surface area contributed by atoms with E-state index >= 15 is 0 Å². The normalized spacial score (nSPS) is 20.6. The molecular weight excluding hydrogens is 666 g/mol. The number of benzene rings is 3. The van der Waals surface area contributed by atoms with E-state index in [0.717, 1.165) is 22.3 Å². The topological polar surface area (TPSA) is 162 Å². The van der Waals surface area contributed by atoms with Crippen molar-refractivity contribution in [3.63, 3.8) is 0 Å². The van der Waals surface area contributed by atoms with Crippen molar-refractivity contribution in [1.29, 1.82) is 0 Å². The second kappa shape index (κ2) is 19.5. The number of alkyl carbamates (subject to hydrolysis) is 1. The second-order valence-electron chi connectivity index (χ2n) is 12.7. The molecule has 1 heterocycles. The van der Waals surface area contributed by atoms with Gasteiger partial charge in [0.2, 0.25) is 11.8 Å². The van der Waals surface area contributed by atoms with E-state index in [9.17, 15) is 19.2 Å². The molecule has 12 nitrogen and oxygen atoms in total. The summed E-state index contributed by atoms with van der Waals surface area (Å²) in [6.45, 7) is 0.604. The molecule has 2 aliphatic rings. The van der Waals surface area contributed by atoms with Crippen LogP contribution in [0.5, 0.6) is 0 Å². The summed E-state index contributed by atoms with van der Waals surface area (Å²) in [6, 6.07) is 23.2. The first-order chi connectivity index (χ1) is 25.4. The monoisotopic (exact) mass is 713 g/mol. The summed E-state index contributed by atoms with van der Waals surface area (Å²) in [4.78, 5) is 53.7. The van der Waals surface area contributed by atoms with Gasteiger partial charge in [-0.2, -0.15) is 0 Å². The summed E-state index contributed by atoms with van der Waals surface area (Å²) >= 11 is 0. The van der Waals surface area contributed by atoms with E-state index in [1.54, 1.807) is 30.3 Å². The molecule has 4 atom stereocenters. The third-order valence-corrected chi connectivity index (χ3v) is 9.15. The maximum absolute atomic E-state index is 13.9. The van der Waals surface area contributed by atoms with E-state index in [2.05, 4.69) is 28.1 Å². The van der Waals surface area contributed by atoms with Gasteiger partial charge in [0.15, 0.2) is 0 Å². The van der Waals surface area contributed by atoms with Gasteiger partial charge in [0.05, 0.1) is 38.4 Å². The minimum atomic E-state index is -1.05. The maximum Gasteiger partial charge on any atom is 0.407 e. The van der Waals surface area contributed by atoms with Crippen LogP contribution in [0.15, 0.2) is 91.0 Å². The van der Waals surface area contributed by atoms with Gasteiger partial charge >= 0.3 is 12.1 Å². The van der Waals surface area contributed by atoms with Gasteiger partial charge in [-0.25, -0.2) is 9.59 Å². The number of carbonyl (C=O) groups is 4. The van der Waals surface area contributed by atoms with E-state index < -0.39 is 42.1 Å². The molecule has 0 saturated carbocycles. The Balaban J connectivity index is 1.31. The van der Waals surface area contributed by atoms with Gasteiger partial charge in [0.1, 0.15) is 18.8 Å². The summed E-state index contributed by atoms with van der Waals surface area (Å²) in [5.41, 5.74) is 4.97. The molecule has 4 unspecified atom stereocenters. The molecule has 0 aromatic heterocycles. The molecule has 0 radical (unpaired) electrons. The van der Waals surface area contributed by atoms with Crippen molar-refractivity contribution in [3.05, 3.63) is 108 Å². The maximum atomic E-state index is 13.9. The molecule has 3 aromatic rings. The van der Waals surface area contributed by atoms with Crippen molar-refractivity contribution < 1.29 is 43.2 Å². The molecule has 5 rings (SSSR count). The summed E-state index contributed by atoms with van der Waals surface area (Å²) in [5, 5.41) is 17.3. The van der Waals surface area contributed by atoms with Crippen LogP contribution in [-0.2, 0) is 33.3 Å². The first kappa shape index (κ1) is 38.2. The molecular formula is C40H47N3O9. The van der Waals surface area contributed by atoms with Gasteiger partial charge < -0.3 is 40.0 Å². The fourth-order valence-corrected chi connectivity index (χ4v) is 6.60. The smallest absolute Gasteiger partial charge is 0.407 e. The minimum absolute atomic E-state index is 0.00000623. The number of aliphatic hydroxyl groups is 1. The van der Waals surface area contributed by atoms with Crippen LogP contribution in [0.25, 0.3) is 11.1 Å². The number of hydrogen-bond donors (Lipinski definition) is 4. The van der Waals surface area contributed by atoms with Gasteiger partial charge in [-0.05, 0) is 47.1 Å². The zero-order valence-electron chi connectivity index (χ0n) is 29.3. The van der Waals surface area contributed by atoms with Crippen LogP contribution in [0, 0.1) is 5.92 Å². The summed E-state index contributed by atoms with van der Waals surface area (Å²) in [5.74, 6) is -2.29. The predicted octanol–water partition coefficient (Wildman–Crippen LogP) is 4.18. The molecule has 1 aliphatic carbocycles. The number of cyclic esters (lactones) is 1. The van der Waals surface area contributed by atoms with E-state index in [4.69, 9.17) is 24.1 Å². The molecule has 0 spiro atoms. The Morgan fingerprint density at radius 3 is 2.29 bits per heavy atom. The number of rotatable bonds is 13. The SMILES string of the molecule is COCC1NC(=O)C(CC(=O)NCCOCCO)CC=CCCC(NC(=O)OCC2c3ccccc3-c3ccccc32)C(=O)OC1c1ccccc1. The van der Waals surface area contributed by atoms with Crippen LogP contribution < -0.4 is 16.0 Å². The van der Waals surface area contributed by atoms with Crippen molar-refractivity contribution in [1.82, 2.24) is 16.0 Å². The Labute approximate surface area is 303 Å². The first-order valence-corrected chi connectivity index (χ1v) is 17.7. The van der Waals surface area contributed by atoms with Gasteiger partial charge in [-0.1, -0.05) is 91.0 Å². The quantitative estimate of drug-likeness (QED) is 0.116. The minimum Gasteiger partial charge on any atom is -0.454 e. The number of methoxy groups -OCH3 is 1. The summed E-state index contributed by atoms with van der Waals surface area (Å²) < 4.78 is 22.5. The van der Waals surface area contributed by atoms with E-state index in [1.165, 1.54) is 7.11 Å². The van der Waals surface area contributed by atoms with E-state index in [0.29, 0.717) is 12.0 Å². The lowest BCUT2D eigenvalue weighted by Crippen LogP contribution is -2.48. The lowest BCUT2D eigenvalue weighted by atomic mass is 9.97. The zero-order chi connectivity index (χ0) is 36.7. The average molecular weight is 714 g/mol. The van der Waals surface area contributed by atoms with Gasteiger partial charge in [-0.3, -0.25) is 9.59 Å². The Kier molecular flexibility index (Phi) is 14.4. The van der Waals surface area contributed by atoms with Crippen molar-refractivity contribution >= 4 is 23.9 Å². The molecule has 3 amide bonds. The van der Waals surface area contributed by atoms with Gasteiger partial charge in [0, 0.05) is 26.0 Å². The molecule has 276 valence electrons. The number of esters is 1. The highest BCUT2D eigenvalue weighted by Crippen LogP contribution is 2.44. The molecule has 0 fully saturated rings. The predicted molar refractivity (Wildman–Crippen MR) is 193 cm³/mol. The molecule has 1 aliphatic heterocycles. The zero-order valence-corrected chi connectivity index (χ0v) is 29.3. The number of aliphatic hydroxyl groups excluding tert-OH is 1. The van der Waals surface area contributed by atoms with E-state index in [1.807, 2.05) is 48.5 Å². The Morgan fingerprint density at radius 1 is 0.904 bits per heavy atom. The van der Waals surface area contributed by atoms with Gasteiger partial charge in [0.25, 0.3) is 0 Å². The first-order valence-electron chi connectivity index (χ1n) is 17.7. The number of nitrogens with one attached hydrogen (secondary N) is 3. The fourth-order valence-electron chi connectivity index (χ4n) is 6.60. The van der Waals surface area contributed by atoms with Crippen molar-refractivity contribution in [2.75, 3.05) is 46.7 Å². The number of carbonyl (C=O) groups excluding carboxylic acids is 4. The van der Waals surface area contributed by atoms with Crippen LogP contribution in [0.1, 0.15) is 54.4 Å². The highest BCUT2D eigenvalue weighted by atomic mass is 16.6. The molecule has 0 bridgehead atoms. The van der Waals surface area contributed by atoms with Gasteiger partial charge in [-0.15, -0.1) is 0 Å². The molecule has 4 N–H and O–H groups in total. The number of fused-ring (bicyclic) bond motifs is 3. The lowest BCUT2D eigenvalue weighted by Gasteiger charge is -2.30. The third kappa shape index (κ3) is 10.3. The average Bonchev–Trinajstić information content (AvgIpc) is 3.48. The number of amides is 3. The van der Waals surface area contributed by atoms with E-state index in [-0.39, 0.29) is 70.7 Å². The lowest BCUT2D eigenvalue weighted by molar-refractivity contribution is -0.155. The molecule has 0 saturated heterocycles. The van der Waals surface area contributed by atoms with Crippen LogP contribution in [-0.4, -0.2) is 87.8 Å². The van der Waals surface area contributed by atoms with Crippen molar-refractivity contribution in [2.45, 2.75) is 49.8 Å². The molecule has 3 aromatic carbocycles. The standard InChI is InChI=1S/C40H47N3O9/c1-49-26-35-37(27-12-4-2-5-13-27)52-39(47)34(19-7-3-6-14-28(38(46)42-35)24-36(45)41-20-22-50-23-21-44)43-40(48)51-25-33-31-17-10-8-15-29(31)30-16-9-11-18-32(30)33/h2-6,8-13,15-18,28,33-35,37,44H,7,14,19-26H2,1H3,(H,41,45)(H,42,46)(H,43,48). The second-order valence-corrected chi connectivity index (χ2v) is 12.7. The Bertz CT molecular complexity index is 1640. The van der Waals surface area contributed by atoms with Crippen LogP contribution in [0.4, 0.5) is 4.79 Å². The van der Waals surface area contributed by atoms with Crippen LogP contribution in [0.2, 0.25) is 0 Å². The number of hydrogen-bond acceptors (Lipinski definition) is 9. The largest absolute Gasteiger partial charge is 0.454 e. The Morgan fingerprint density at radius 2 is 1.60 bits per heavy atom. The van der Waals surface area contributed by atoms with Crippen LogP contribution >= 0.6 is 0 Å². The molecule has 12 heteroatoms. The highest BCUT2D eigenvalue weighted by molar-refractivity contribution is 5.86. The fraction of sp³-hybridized carbons (Fsp3) is 0.400. The summed E-state index contributed by atoms with van der Waals surface area (Å²) in [7, 11) is 1.48. The Hall–Kier alpha value is -5.04. The highest BCUT2D eigenvalue weighted by Gasteiger charge is 2.35. The third-order valence-electron chi connectivity index (χ3n) is 9.15. The molecule has 52 heavy (non-hydrogen) atoms. The van der Waals surface area contributed by atoms with Crippen molar-refractivity contribution in [2.24, 2.45) is 5.92 Å². The van der Waals surface area contributed by atoms with Crippen molar-refractivity contribution in [3.8, 4) is 11.1 Å². The van der Waals surface area contributed by atoms with Crippen LogP contribution in [0.3, 0.4) is 0 Å².